The van der Waals surface area contributed by atoms with Gasteiger partial charge in [-0.25, -0.2) is 15.2 Å². The Hall–Kier alpha value is -1.80. The Morgan fingerprint density at radius 1 is 1.45 bits per heavy atom. The van der Waals surface area contributed by atoms with E-state index < -0.39 is 23.9 Å². The summed E-state index contributed by atoms with van der Waals surface area (Å²) in [4.78, 5) is 10.9. The third-order valence-electron chi connectivity index (χ3n) is 2.41. The van der Waals surface area contributed by atoms with Crippen LogP contribution >= 0.6 is 0 Å². The van der Waals surface area contributed by atoms with E-state index in [1.54, 1.807) is 0 Å². The first kappa shape index (κ1) is 16.3. The zero-order valence-electron chi connectivity index (χ0n) is 10.7. The molecule has 0 aliphatic rings. The number of carbonyl (C=O) groups is 1. The maximum absolute atomic E-state index is 12.5. The number of aliphatic hydroxyl groups is 1. The van der Waals surface area contributed by atoms with Crippen LogP contribution in [0.3, 0.4) is 0 Å². The van der Waals surface area contributed by atoms with Gasteiger partial charge in [0.05, 0.1) is 18.2 Å². The Bertz CT molecular complexity index is 464. The van der Waals surface area contributed by atoms with Crippen LogP contribution in [0, 0.1) is 0 Å². The van der Waals surface area contributed by atoms with E-state index in [9.17, 15) is 18.0 Å². The van der Waals surface area contributed by atoms with Gasteiger partial charge in [0.25, 0.3) is 0 Å². The van der Waals surface area contributed by atoms with Gasteiger partial charge < -0.3 is 10.2 Å². The van der Waals surface area contributed by atoms with Crippen LogP contribution in [0.5, 0.6) is 0 Å². The first-order valence-electron chi connectivity index (χ1n) is 5.78. The van der Waals surface area contributed by atoms with Crippen molar-refractivity contribution in [2.45, 2.75) is 25.7 Å². The lowest BCUT2D eigenvalue weighted by Crippen LogP contribution is -2.45. The molecule has 0 fully saturated rings. The zero-order chi connectivity index (χ0) is 15.3. The van der Waals surface area contributed by atoms with Crippen LogP contribution in [-0.4, -0.2) is 34.0 Å². The van der Waals surface area contributed by atoms with Crippen LogP contribution in [-0.2, 0) is 12.7 Å². The molecule has 0 aliphatic heterocycles. The molecule has 20 heavy (non-hydrogen) atoms. The first-order chi connectivity index (χ1) is 9.20. The van der Waals surface area contributed by atoms with E-state index in [1.807, 2.05) is 0 Å². The van der Waals surface area contributed by atoms with Gasteiger partial charge in [0, 0.05) is 6.54 Å². The molecule has 0 radical (unpaired) electrons. The summed E-state index contributed by atoms with van der Waals surface area (Å²) in [6, 6.07) is 4.58. The number of benzene rings is 1. The molecule has 0 saturated carbocycles. The van der Waals surface area contributed by atoms with Crippen molar-refractivity contribution >= 4 is 6.09 Å². The smallest absolute Gasteiger partial charge is 0.421 e. The summed E-state index contributed by atoms with van der Waals surface area (Å²) in [5.74, 6) is 0. The Labute approximate surface area is 113 Å². The number of rotatable bonds is 5. The zero-order valence-corrected chi connectivity index (χ0v) is 10.7. The van der Waals surface area contributed by atoms with Gasteiger partial charge in [-0.1, -0.05) is 18.2 Å². The standard InChI is InChI=1S/C12H15F3N2O3/c1-8(18)7-17(11(19)20)16-6-9-3-2-4-10(5-9)12(13,14)15/h2-5,8,16,18H,6-7H2,1H3,(H,19,20). The highest BCUT2D eigenvalue weighted by Crippen LogP contribution is 2.29. The number of nitrogens with one attached hydrogen (secondary N) is 1. The van der Waals surface area contributed by atoms with Crippen LogP contribution in [0.1, 0.15) is 18.1 Å². The molecule has 0 spiro atoms. The molecule has 1 unspecified atom stereocenters. The van der Waals surface area contributed by atoms with E-state index in [0.717, 1.165) is 17.1 Å². The normalized spacial score (nSPS) is 13.1. The maximum atomic E-state index is 12.5. The minimum Gasteiger partial charge on any atom is -0.464 e. The molecule has 3 N–H and O–H groups in total. The van der Waals surface area contributed by atoms with Crippen molar-refractivity contribution in [3.05, 3.63) is 35.4 Å². The SMILES string of the molecule is CC(O)CN(NCc1cccc(C(F)(F)F)c1)C(=O)O. The van der Waals surface area contributed by atoms with Crippen molar-refractivity contribution < 1.29 is 28.2 Å². The number of alkyl halides is 3. The minimum atomic E-state index is -4.44. The Morgan fingerprint density at radius 3 is 2.60 bits per heavy atom. The topological polar surface area (TPSA) is 72.8 Å². The van der Waals surface area contributed by atoms with Gasteiger partial charge >= 0.3 is 12.3 Å². The lowest BCUT2D eigenvalue weighted by molar-refractivity contribution is -0.137. The molecular formula is C12H15F3N2O3. The Kier molecular flexibility index (Phi) is 5.34. The molecule has 0 bridgehead atoms. The van der Waals surface area contributed by atoms with E-state index in [2.05, 4.69) is 5.43 Å². The number of nitrogens with zero attached hydrogens (tertiary/aromatic N) is 1. The lowest BCUT2D eigenvalue weighted by atomic mass is 10.1. The summed E-state index contributed by atoms with van der Waals surface area (Å²) in [6.45, 7) is 1.12. The van der Waals surface area contributed by atoms with Gasteiger partial charge in [0.15, 0.2) is 0 Å². The summed E-state index contributed by atoms with van der Waals surface area (Å²) in [5, 5.41) is 18.7. The predicted molar refractivity (Wildman–Crippen MR) is 64.7 cm³/mol. The molecule has 1 amide bonds. The van der Waals surface area contributed by atoms with Gasteiger partial charge in [-0.2, -0.15) is 13.2 Å². The minimum absolute atomic E-state index is 0.0943. The van der Waals surface area contributed by atoms with Crippen molar-refractivity contribution in [3.63, 3.8) is 0 Å². The van der Waals surface area contributed by atoms with Gasteiger partial charge in [0.1, 0.15) is 0 Å². The highest BCUT2D eigenvalue weighted by Gasteiger charge is 2.30. The lowest BCUT2D eigenvalue weighted by Gasteiger charge is -2.21. The molecule has 0 heterocycles. The van der Waals surface area contributed by atoms with Crippen molar-refractivity contribution in [2.24, 2.45) is 0 Å². The third-order valence-corrected chi connectivity index (χ3v) is 2.41. The predicted octanol–water partition coefficient (Wildman–Crippen LogP) is 2.07. The largest absolute Gasteiger partial charge is 0.464 e. The summed E-state index contributed by atoms with van der Waals surface area (Å²) in [6.07, 6.45) is -6.65. The van der Waals surface area contributed by atoms with Crippen LogP contribution in [0.2, 0.25) is 0 Å². The maximum Gasteiger partial charge on any atom is 0.421 e. The summed E-state index contributed by atoms with van der Waals surface area (Å²) in [7, 11) is 0. The van der Waals surface area contributed by atoms with Crippen LogP contribution in [0.4, 0.5) is 18.0 Å². The second kappa shape index (κ2) is 6.58. The van der Waals surface area contributed by atoms with E-state index in [1.165, 1.54) is 19.1 Å². The fraction of sp³-hybridized carbons (Fsp3) is 0.417. The monoisotopic (exact) mass is 292 g/mol. The molecular weight excluding hydrogens is 277 g/mol. The van der Waals surface area contributed by atoms with Crippen LogP contribution in [0.15, 0.2) is 24.3 Å². The first-order valence-corrected chi connectivity index (χ1v) is 5.78. The van der Waals surface area contributed by atoms with Gasteiger partial charge in [-0.15, -0.1) is 0 Å². The van der Waals surface area contributed by atoms with Crippen molar-refractivity contribution in [1.29, 1.82) is 0 Å². The average Bonchev–Trinajstić information content (AvgIpc) is 2.33. The van der Waals surface area contributed by atoms with Gasteiger partial charge in [0.2, 0.25) is 0 Å². The molecule has 1 atom stereocenters. The average molecular weight is 292 g/mol. The Balaban J connectivity index is 2.71. The number of aliphatic hydroxyl groups excluding tert-OH is 1. The van der Waals surface area contributed by atoms with Gasteiger partial charge in [-0.3, -0.25) is 0 Å². The quantitative estimate of drug-likeness (QED) is 0.726. The van der Waals surface area contributed by atoms with E-state index >= 15 is 0 Å². The number of halogens is 3. The Morgan fingerprint density at radius 2 is 2.10 bits per heavy atom. The number of hydrogen-bond acceptors (Lipinski definition) is 3. The molecule has 0 aromatic heterocycles. The fourth-order valence-corrected chi connectivity index (χ4v) is 1.52. The third kappa shape index (κ3) is 5.06. The molecule has 1 rings (SSSR count). The molecule has 0 aliphatic carbocycles. The van der Waals surface area contributed by atoms with E-state index in [4.69, 9.17) is 10.2 Å². The number of hydrazine groups is 1. The molecule has 112 valence electrons. The van der Waals surface area contributed by atoms with Crippen molar-refractivity contribution in [1.82, 2.24) is 10.4 Å². The number of carboxylic acid groups (broad SMARTS) is 1. The highest BCUT2D eigenvalue weighted by atomic mass is 19.4. The van der Waals surface area contributed by atoms with Crippen molar-refractivity contribution in [3.8, 4) is 0 Å². The van der Waals surface area contributed by atoms with E-state index in [0.29, 0.717) is 0 Å². The number of amides is 1. The fourth-order valence-electron chi connectivity index (χ4n) is 1.52. The molecule has 1 aromatic carbocycles. The van der Waals surface area contributed by atoms with Crippen LogP contribution in [0.25, 0.3) is 0 Å². The number of hydrogen-bond donors (Lipinski definition) is 3. The highest BCUT2D eigenvalue weighted by molar-refractivity contribution is 5.64. The van der Waals surface area contributed by atoms with Crippen LogP contribution < -0.4 is 5.43 Å². The summed E-state index contributed by atoms with van der Waals surface area (Å²) < 4.78 is 37.5. The second-order valence-corrected chi connectivity index (χ2v) is 4.28. The molecule has 8 heteroatoms. The summed E-state index contributed by atoms with van der Waals surface area (Å²) >= 11 is 0. The van der Waals surface area contributed by atoms with E-state index in [-0.39, 0.29) is 18.7 Å². The molecule has 5 nitrogen and oxygen atoms in total. The van der Waals surface area contributed by atoms with Crippen molar-refractivity contribution in [2.75, 3.05) is 6.54 Å². The van der Waals surface area contributed by atoms with Gasteiger partial charge in [-0.05, 0) is 18.6 Å². The second-order valence-electron chi connectivity index (χ2n) is 4.28. The summed E-state index contributed by atoms with van der Waals surface area (Å²) in [5.41, 5.74) is 1.94. The molecule has 1 aromatic rings. The molecule has 0 saturated heterocycles.